The number of rotatable bonds is 7. The van der Waals surface area contributed by atoms with Crippen LogP contribution < -0.4 is 10.6 Å². The molecule has 112 valence electrons. The van der Waals surface area contributed by atoms with Crippen LogP contribution in [-0.4, -0.2) is 51.1 Å². The van der Waals surface area contributed by atoms with Crippen molar-refractivity contribution in [3.05, 3.63) is 28.3 Å². The highest BCUT2D eigenvalue weighted by Gasteiger charge is 2.19. The number of para-hydroxylation sites is 1. The summed E-state index contributed by atoms with van der Waals surface area (Å²) in [5.74, 6) is -0.138. The summed E-state index contributed by atoms with van der Waals surface area (Å²) < 4.78 is 24.3. The fourth-order valence-corrected chi connectivity index (χ4v) is 2.31. The van der Waals surface area contributed by atoms with E-state index in [0.717, 1.165) is 4.31 Å². The second-order valence-electron chi connectivity index (χ2n) is 4.23. The number of benzene rings is 1. The van der Waals surface area contributed by atoms with Gasteiger partial charge in [0.15, 0.2) is 0 Å². The zero-order valence-electron chi connectivity index (χ0n) is 11.6. The third-order valence-corrected chi connectivity index (χ3v) is 4.55. The smallest absolute Gasteiger partial charge is 0.315 e. The minimum atomic E-state index is -3.33. The number of nitro groups is 1. The molecule has 20 heavy (non-hydrogen) atoms. The molecule has 0 unspecified atom stereocenters. The zero-order valence-corrected chi connectivity index (χ0v) is 12.4. The first kappa shape index (κ1) is 16.2. The molecule has 9 heteroatoms. The minimum absolute atomic E-state index is 0.0918. The van der Waals surface area contributed by atoms with Crippen molar-refractivity contribution in [3.63, 3.8) is 0 Å². The highest BCUT2D eigenvalue weighted by atomic mass is 32.2. The number of hydrogen-bond donors (Lipinski definition) is 2. The predicted molar refractivity (Wildman–Crippen MR) is 78.6 cm³/mol. The average molecular weight is 302 g/mol. The molecule has 2 N–H and O–H groups in total. The van der Waals surface area contributed by atoms with Crippen LogP contribution in [0.5, 0.6) is 0 Å². The summed E-state index contributed by atoms with van der Waals surface area (Å²) in [5.41, 5.74) is 0.559. The maximum Gasteiger partial charge on any atom is 0.315 e. The van der Waals surface area contributed by atoms with E-state index < -0.39 is 14.9 Å². The Bertz CT molecular complexity index is 586. The summed E-state index contributed by atoms with van der Waals surface area (Å²) in [6.45, 7) is 0.0918. The summed E-state index contributed by atoms with van der Waals surface area (Å²) in [7, 11) is 1.14. The van der Waals surface area contributed by atoms with Gasteiger partial charge in [0.2, 0.25) is 10.0 Å². The van der Waals surface area contributed by atoms with Gasteiger partial charge in [-0.15, -0.1) is 0 Å². The molecule has 0 aliphatic heterocycles. The molecule has 0 atom stereocenters. The molecule has 1 aromatic carbocycles. The second kappa shape index (κ2) is 6.53. The van der Waals surface area contributed by atoms with E-state index in [1.165, 1.54) is 14.1 Å². The lowest BCUT2D eigenvalue weighted by Gasteiger charge is -2.13. The molecule has 1 rings (SSSR count). The van der Waals surface area contributed by atoms with Crippen molar-refractivity contribution in [2.75, 3.05) is 44.1 Å². The quantitative estimate of drug-likeness (QED) is 0.574. The normalized spacial score (nSPS) is 11.4. The monoisotopic (exact) mass is 302 g/mol. The van der Waals surface area contributed by atoms with Gasteiger partial charge in [-0.1, -0.05) is 6.07 Å². The van der Waals surface area contributed by atoms with Crippen LogP contribution in [-0.2, 0) is 10.0 Å². The van der Waals surface area contributed by atoms with Crippen molar-refractivity contribution in [2.45, 2.75) is 0 Å². The summed E-state index contributed by atoms with van der Waals surface area (Å²) in [6, 6.07) is 4.78. The van der Waals surface area contributed by atoms with Crippen molar-refractivity contribution in [2.24, 2.45) is 0 Å². The molecule has 0 amide bonds. The molecule has 0 fully saturated rings. The summed E-state index contributed by atoms with van der Waals surface area (Å²) >= 11 is 0. The molecule has 8 nitrogen and oxygen atoms in total. The van der Waals surface area contributed by atoms with Crippen molar-refractivity contribution >= 4 is 27.1 Å². The number of nitrogens with one attached hydrogen (secondary N) is 2. The Labute approximate surface area is 118 Å². The topological polar surface area (TPSA) is 105 Å². The Morgan fingerprint density at radius 2 is 1.90 bits per heavy atom. The van der Waals surface area contributed by atoms with Crippen LogP contribution in [0.15, 0.2) is 18.2 Å². The first-order valence-electron chi connectivity index (χ1n) is 5.89. The molecule has 0 radical (unpaired) electrons. The Morgan fingerprint density at radius 3 is 2.40 bits per heavy atom. The number of hydrogen-bond acceptors (Lipinski definition) is 6. The molecule has 0 aliphatic rings. The molecule has 0 spiro atoms. The Hall–Kier alpha value is -1.87. The lowest BCUT2D eigenvalue weighted by Crippen LogP contribution is -2.28. The van der Waals surface area contributed by atoms with Crippen LogP contribution in [0.25, 0.3) is 0 Å². The van der Waals surface area contributed by atoms with Gasteiger partial charge in [0.05, 0.1) is 10.7 Å². The molecular formula is C11H18N4O4S. The molecular weight excluding hydrogens is 284 g/mol. The molecule has 0 aromatic heterocycles. The average Bonchev–Trinajstić information content (AvgIpc) is 2.37. The minimum Gasteiger partial charge on any atom is -0.382 e. The largest absolute Gasteiger partial charge is 0.382 e. The van der Waals surface area contributed by atoms with E-state index in [2.05, 4.69) is 10.6 Å². The van der Waals surface area contributed by atoms with E-state index in [4.69, 9.17) is 0 Å². The van der Waals surface area contributed by atoms with Gasteiger partial charge in [-0.05, 0) is 12.1 Å². The van der Waals surface area contributed by atoms with Crippen LogP contribution in [0.3, 0.4) is 0 Å². The van der Waals surface area contributed by atoms with Gasteiger partial charge in [-0.3, -0.25) is 10.1 Å². The fraction of sp³-hybridized carbons (Fsp3) is 0.455. The summed E-state index contributed by atoms with van der Waals surface area (Å²) in [5, 5.41) is 16.6. The van der Waals surface area contributed by atoms with Crippen LogP contribution in [0.4, 0.5) is 17.1 Å². The van der Waals surface area contributed by atoms with Crippen molar-refractivity contribution < 1.29 is 13.3 Å². The Morgan fingerprint density at radius 1 is 1.30 bits per heavy atom. The second-order valence-corrected chi connectivity index (χ2v) is 6.54. The number of nitrogens with zero attached hydrogens (tertiary/aromatic N) is 2. The first-order chi connectivity index (χ1) is 9.29. The maximum absolute atomic E-state index is 11.6. The SMILES string of the molecule is CNc1cccc(NCCS(=O)(=O)N(C)C)c1[N+](=O)[O-]. The summed E-state index contributed by atoms with van der Waals surface area (Å²) in [4.78, 5) is 10.6. The third kappa shape index (κ3) is 3.81. The zero-order chi connectivity index (χ0) is 15.3. The van der Waals surface area contributed by atoms with Gasteiger partial charge in [0.25, 0.3) is 0 Å². The number of sulfonamides is 1. The molecule has 0 aliphatic carbocycles. The van der Waals surface area contributed by atoms with Gasteiger partial charge < -0.3 is 10.6 Å². The van der Waals surface area contributed by atoms with E-state index >= 15 is 0 Å². The van der Waals surface area contributed by atoms with E-state index in [-0.39, 0.29) is 23.7 Å². The van der Waals surface area contributed by atoms with Crippen LogP contribution in [0.2, 0.25) is 0 Å². The van der Waals surface area contributed by atoms with Gasteiger partial charge in [-0.2, -0.15) is 0 Å². The van der Waals surface area contributed by atoms with Crippen molar-refractivity contribution in [3.8, 4) is 0 Å². The molecule has 0 heterocycles. The van der Waals surface area contributed by atoms with Crippen LogP contribution in [0, 0.1) is 10.1 Å². The maximum atomic E-state index is 11.6. The number of anilines is 2. The number of nitro benzene ring substituents is 1. The molecule has 1 aromatic rings. The molecule has 0 bridgehead atoms. The van der Waals surface area contributed by atoms with Gasteiger partial charge >= 0.3 is 5.69 Å². The Kier molecular flexibility index (Phi) is 5.28. The Balaban J connectivity index is 2.86. The lowest BCUT2D eigenvalue weighted by molar-refractivity contribution is -0.383. The first-order valence-corrected chi connectivity index (χ1v) is 7.49. The van der Waals surface area contributed by atoms with E-state index in [1.807, 2.05) is 0 Å². The van der Waals surface area contributed by atoms with Gasteiger partial charge in [0, 0.05) is 27.7 Å². The standard InChI is InChI=1S/C11H18N4O4S/c1-12-9-5-4-6-10(11(9)15(16)17)13-7-8-20(18,19)14(2)3/h4-6,12-13H,7-8H2,1-3H3. The van der Waals surface area contributed by atoms with Crippen LogP contribution in [0.1, 0.15) is 0 Å². The highest BCUT2D eigenvalue weighted by Crippen LogP contribution is 2.32. The summed E-state index contributed by atoms with van der Waals surface area (Å²) in [6.07, 6.45) is 0. The molecule has 0 saturated heterocycles. The lowest BCUT2D eigenvalue weighted by atomic mass is 10.2. The van der Waals surface area contributed by atoms with Gasteiger partial charge in [-0.25, -0.2) is 12.7 Å². The van der Waals surface area contributed by atoms with Crippen LogP contribution >= 0.6 is 0 Å². The predicted octanol–water partition coefficient (Wildman–Crippen LogP) is 0.940. The van der Waals surface area contributed by atoms with Gasteiger partial charge in [0.1, 0.15) is 11.4 Å². The van der Waals surface area contributed by atoms with E-state index in [9.17, 15) is 18.5 Å². The highest BCUT2D eigenvalue weighted by molar-refractivity contribution is 7.89. The van der Waals surface area contributed by atoms with Crippen molar-refractivity contribution in [1.82, 2.24) is 4.31 Å². The van der Waals surface area contributed by atoms with E-state index in [0.29, 0.717) is 5.69 Å². The fourth-order valence-electron chi connectivity index (χ4n) is 1.58. The van der Waals surface area contributed by atoms with E-state index in [1.54, 1.807) is 25.2 Å². The molecule has 0 saturated carbocycles. The third-order valence-electron chi connectivity index (χ3n) is 2.72. The van der Waals surface area contributed by atoms with Crippen molar-refractivity contribution in [1.29, 1.82) is 0 Å².